The van der Waals surface area contributed by atoms with E-state index in [-0.39, 0.29) is 36.2 Å². The third-order valence-corrected chi connectivity index (χ3v) is 10.7. The lowest BCUT2D eigenvalue weighted by atomic mass is 9.92. The van der Waals surface area contributed by atoms with Gasteiger partial charge in [-0.15, -0.1) is 0 Å². The predicted octanol–water partition coefficient (Wildman–Crippen LogP) is 6.35. The average molecular weight is 751 g/mol. The zero-order chi connectivity index (χ0) is 38.2. The fraction of sp³-hybridized carbons (Fsp3) is 0.279. The average Bonchev–Trinajstić information content (AvgIpc) is 3.69. The maximum Gasteiger partial charge on any atom is 0.262 e. The Hall–Kier alpha value is -6.63. The molecule has 0 bridgehead atoms. The van der Waals surface area contributed by atoms with Crippen molar-refractivity contribution in [2.45, 2.75) is 69.6 Å². The molecular weight excluding hydrogens is 713 g/mol. The quantitative estimate of drug-likeness (QED) is 0.100. The van der Waals surface area contributed by atoms with Crippen LogP contribution in [0.4, 0.5) is 0 Å². The molecule has 2 N–H and O–H groups in total. The van der Waals surface area contributed by atoms with Crippen molar-refractivity contribution in [3.63, 3.8) is 0 Å². The van der Waals surface area contributed by atoms with E-state index in [1.807, 2.05) is 42.7 Å². The second kappa shape index (κ2) is 14.9. The first-order valence-corrected chi connectivity index (χ1v) is 18.9. The van der Waals surface area contributed by atoms with Crippen LogP contribution < -0.4 is 19.5 Å². The Bertz CT molecular complexity index is 2480. The number of hydrogen-bond acceptors (Lipinski definition) is 10. The topological polar surface area (TPSA) is 166 Å². The summed E-state index contributed by atoms with van der Waals surface area (Å²) in [4.78, 5) is 67.6. The number of nitrogens with one attached hydrogen (secondary N) is 2. The van der Waals surface area contributed by atoms with Crippen LogP contribution in [-0.4, -0.2) is 73.3 Å². The fourth-order valence-corrected chi connectivity index (χ4v) is 7.56. The number of ether oxygens (including phenoxy) is 3. The number of pyridine rings is 3. The molecule has 1 saturated carbocycles. The number of imide groups is 2. The standard InChI is InChI=1S/C43H38N6O7/c50-39-13-12-38(41(51)48-39)49-42(52)33-11-9-28(21-34(33)43(49)53)54-17-3-1-2-4-27-7-8-29(23-45-27)55-30-19-31(20-30)56-40-14-6-26(22-46-40)25-5-10-32-35-24-44-16-15-36(35)47-37(32)18-25/h5-11,14-16,18,21-24,30-31,38,47H,1-4,12-13,17,19-20H2,(H,48,50,51)/t30-,31-,38?. The zero-order valence-electron chi connectivity index (χ0n) is 30.4. The van der Waals surface area contributed by atoms with Crippen LogP contribution in [0.2, 0.25) is 0 Å². The van der Waals surface area contributed by atoms with Gasteiger partial charge in [-0.05, 0) is 86.2 Å². The van der Waals surface area contributed by atoms with Crippen LogP contribution in [0.15, 0.2) is 91.5 Å². The van der Waals surface area contributed by atoms with E-state index in [9.17, 15) is 19.2 Å². The van der Waals surface area contributed by atoms with Crippen molar-refractivity contribution in [2.75, 3.05) is 6.61 Å². The number of aromatic nitrogens is 4. The Balaban J connectivity index is 0.674. The van der Waals surface area contributed by atoms with Crippen molar-refractivity contribution in [1.82, 2.24) is 30.2 Å². The first-order valence-electron chi connectivity index (χ1n) is 18.9. The van der Waals surface area contributed by atoms with E-state index in [0.29, 0.717) is 18.2 Å². The molecule has 1 unspecified atom stereocenters. The number of amides is 4. The minimum Gasteiger partial charge on any atom is -0.494 e. The number of piperidine rings is 1. The number of unbranched alkanes of at least 4 members (excludes halogenated alkanes) is 2. The largest absolute Gasteiger partial charge is 0.494 e. The summed E-state index contributed by atoms with van der Waals surface area (Å²) in [6.07, 6.45) is 12.7. The van der Waals surface area contributed by atoms with Crippen molar-refractivity contribution >= 4 is 45.4 Å². The van der Waals surface area contributed by atoms with Gasteiger partial charge in [0.2, 0.25) is 17.7 Å². The monoisotopic (exact) mass is 750 g/mol. The Kier molecular flexibility index (Phi) is 9.33. The molecule has 6 aromatic rings. The van der Waals surface area contributed by atoms with Crippen LogP contribution >= 0.6 is 0 Å². The number of carbonyl (C=O) groups is 4. The summed E-state index contributed by atoms with van der Waals surface area (Å²) < 4.78 is 18.1. The molecule has 4 aromatic heterocycles. The van der Waals surface area contributed by atoms with Crippen molar-refractivity contribution in [3.8, 4) is 28.5 Å². The second-order valence-corrected chi connectivity index (χ2v) is 14.4. The summed E-state index contributed by atoms with van der Waals surface area (Å²) in [5.41, 5.74) is 5.65. The summed E-state index contributed by atoms with van der Waals surface area (Å²) >= 11 is 0. The second-order valence-electron chi connectivity index (χ2n) is 14.4. The molecule has 2 fully saturated rings. The van der Waals surface area contributed by atoms with E-state index in [2.05, 4.69) is 43.5 Å². The van der Waals surface area contributed by atoms with Crippen LogP contribution in [-0.2, 0) is 16.0 Å². The van der Waals surface area contributed by atoms with Gasteiger partial charge in [-0.3, -0.25) is 39.4 Å². The van der Waals surface area contributed by atoms with Crippen molar-refractivity contribution < 1.29 is 33.4 Å². The highest BCUT2D eigenvalue weighted by molar-refractivity contribution is 6.23. The highest BCUT2D eigenvalue weighted by Gasteiger charge is 2.44. The third kappa shape index (κ3) is 7.03. The predicted molar refractivity (Wildman–Crippen MR) is 205 cm³/mol. The van der Waals surface area contributed by atoms with E-state index in [0.717, 1.165) is 87.8 Å². The van der Waals surface area contributed by atoms with Crippen molar-refractivity contribution in [3.05, 3.63) is 108 Å². The highest BCUT2D eigenvalue weighted by Crippen LogP contribution is 2.33. The van der Waals surface area contributed by atoms with Crippen LogP contribution in [0.3, 0.4) is 0 Å². The molecule has 2 aromatic carbocycles. The Morgan fingerprint density at radius 1 is 0.714 bits per heavy atom. The van der Waals surface area contributed by atoms with Crippen LogP contribution in [0.1, 0.15) is 71.4 Å². The third-order valence-electron chi connectivity index (χ3n) is 10.7. The highest BCUT2D eigenvalue weighted by atomic mass is 16.5. The summed E-state index contributed by atoms with van der Waals surface area (Å²) in [5, 5.41) is 4.47. The molecule has 0 spiro atoms. The lowest BCUT2D eigenvalue weighted by molar-refractivity contribution is -0.136. The molecule has 13 heteroatoms. The lowest BCUT2D eigenvalue weighted by Crippen LogP contribution is -2.54. The maximum atomic E-state index is 13.0. The van der Waals surface area contributed by atoms with E-state index < -0.39 is 29.7 Å². The molecule has 2 aliphatic heterocycles. The van der Waals surface area contributed by atoms with Gasteiger partial charge in [0.25, 0.3) is 11.8 Å². The van der Waals surface area contributed by atoms with Gasteiger partial charge in [-0.1, -0.05) is 12.1 Å². The number of aromatic amines is 1. The molecule has 1 atom stereocenters. The Labute approximate surface area is 321 Å². The summed E-state index contributed by atoms with van der Waals surface area (Å²) in [6.45, 7) is 0.451. The number of rotatable bonds is 13. The normalized spacial score (nSPS) is 19.2. The number of hydrogen-bond donors (Lipinski definition) is 2. The van der Waals surface area contributed by atoms with Gasteiger partial charge < -0.3 is 19.2 Å². The molecule has 6 heterocycles. The number of aryl methyl sites for hydroxylation is 1. The molecule has 9 rings (SSSR count). The van der Waals surface area contributed by atoms with E-state index in [1.165, 1.54) is 0 Å². The summed E-state index contributed by atoms with van der Waals surface area (Å²) in [5.74, 6) is -0.297. The molecule has 4 amide bonds. The van der Waals surface area contributed by atoms with Gasteiger partial charge in [0.05, 0.1) is 23.9 Å². The smallest absolute Gasteiger partial charge is 0.262 e. The molecule has 1 saturated heterocycles. The number of nitrogens with zero attached hydrogens (tertiary/aromatic N) is 4. The molecule has 13 nitrogen and oxygen atoms in total. The molecule has 1 aliphatic carbocycles. The molecule has 56 heavy (non-hydrogen) atoms. The lowest BCUT2D eigenvalue weighted by Gasteiger charge is -2.34. The SMILES string of the molecule is O=C1CCC(N2C(=O)c3ccc(OCCCCCc4ccc(O[C@H]5C[C@H](Oc6ccc(-c7ccc8c(c7)[nH]c7ccncc78)cn6)C5)cn4)cc3C2=O)C(=O)N1. The molecule has 0 radical (unpaired) electrons. The summed E-state index contributed by atoms with van der Waals surface area (Å²) in [6, 6.07) is 20.0. The molecule has 3 aliphatic rings. The van der Waals surface area contributed by atoms with Gasteiger partial charge in [0.1, 0.15) is 29.7 Å². The van der Waals surface area contributed by atoms with Gasteiger partial charge in [-0.2, -0.15) is 0 Å². The first-order chi connectivity index (χ1) is 27.4. The number of H-pyrrole nitrogens is 1. The molecular formula is C43H38N6O7. The number of fused-ring (bicyclic) bond motifs is 4. The Morgan fingerprint density at radius 3 is 2.38 bits per heavy atom. The number of benzene rings is 2. The van der Waals surface area contributed by atoms with Gasteiger partial charge in [-0.25, -0.2) is 4.98 Å². The fourth-order valence-electron chi connectivity index (χ4n) is 7.56. The van der Waals surface area contributed by atoms with Crippen molar-refractivity contribution in [2.24, 2.45) is 0 Å². The van der Waals surface area contributed by atoms with Crippen LogP contribution in [0.5, 0.6) is 17.4 Å². The molecule has 282 valence electrons. The first kappa shape index (κ1) is 35.1. The minimum absolute atomic E-state index is 0.0515. The summed E-state index contributed by atoms with van der Waals surface area (Å²) in [7, 11) is 0. The van der Waals surface area contributed by atoms with Crippen LogP contribution in [0.25, 0.3) is 32.9 Å². The number of carbonyl (C=O) groups excluding carboxylic acids is 4. The van der Waals surface area contributed by atoms with Gasteiger partial charge in [0, 0.05) is 77.0 Å². The Morgan fingerprint density at radius 2 is 1.55 bits per heavy atom. The van der Waals surface area contributed by atoms with E-state index in [4.69, 9.17) is 14.2 Å². The van der Waals surface area contributed by atoms with E-state index >= 15 is 0 Å². The van der Waals surface area contributed by atoms with Gasteiger partial charge >= 0.3 is 0 Å². The van der Waals surface area contributed by atoms with Crippen LogP contribution in [0, 0.1) is 0 Å². The van der Waals surface area contributed by atoms with E-state index in [1.54, 1.807) is 30.6 Å². The van der Waals surface area contributed by atoms with Crippen molar-refractivity contribution in [1.29, 1.82) is 0 Å². The van der Waals surface area contributed by atoms with Gasteiger partial charge in [0.15, 0.2) is 0 Å². The maximum absolute atomic E-state index is 13.0. The zero-order valence-corrected chi connectivity index (χ0v) is 30.4. The minimum atomic E-state index is -0.994.